The lowest BCUT2D eigenvalue weighted by atomic mass is 10.0. The van der Waals surface area contributed by atoms with Gasteiger partial charge in [-0.3, -0.25) is 4.79 Å². The molecule has 3 heterocycles. The highest BCUT2D eigenvalue weighted by Gasteiger charge is 2.42. The maximum Gasteiger partial charge on any atom is 0.207 e. The van der Waals surface area contributed by atoms with Crippen LogP contribution in [0.25, 0.3) is 0 Å². The number of carbonyl (C=O) groups excluding carboxylic acids is 1. The van der Waals surface area contributed by atoms with E-state index in [9.17, 15) is 15.0 Å². The third-order valence-electron chi connectivity index (χ3n) is 4.18. The van der Waals surface area contributed by atoms with Gasteiger partial charge in [-0.25, -0.2) is 9.97 Å². The summed E-state index contributed by atoms with van der Waals surface area (Å²) in [4.78, 5) is 20.5. The molecule has 1 saturated heterocycles. The predicted octanol–water partition coefficient (Wildman–Crippen LogP) is -1.82. The molecular formula is C15H19N5O4. The number of fused-ring (bicyclic) bond motifs is 1. The van der Waals surface area contributed by atoms with E-state index in [0.29, 0.717) is 31.0 Å². The molecule has 5 N–H and O–H groups in total. The fraction of sp³-hybridized carbons (Fsp3) is 0.533. The molecule has 3 unspecified atom stereocenters. The molecule has 3 rings (SSSR count). The highest BCUT2D eigenvalue weighted by atomic mass is 16.5. The van der Waals surface area contributed by atoms with Gasteiger partial charge < -0.3 is 30.9 Å². The summed E-state index contributed by atoms with van der Waals surface area (Å²) in [6.07, 6.45) is 0.569. The monoisotopic (exact) mass is 333 g/mol. The number of anilines is 2. The lowest BCUT2D eigenvalue weighted by Gasteiger charge is -2.25. The van der Waals surface area contributed by atoms with Gasteiger partial charge in [-0.05, 0) is 0 Å². The number of nitrogen functional groups attached to an aromatic ring is 1. The summed E-state index contributed by atoms with van der Waals surface area (Å²) in [6.45, 7) is 0.487. The van der Waals surface area contributed by atoms with Crippen molar-refractivity contribution in [1.82, 2.24) is 15.3 Å². The van der Waals surface area contributed by atoms with Crippen LogP contribution in [0.3, 0.4) is 0 Å². The van der Waals surface area contributed by atoms with Crippen LogP contribution in [0.4, 0.5) is 11.6 Å². The van der Waals surface area contributed by atoms with Gasteiger partial charge in [0.15, 0.2) is 0 Å². The van der Waals surface area contributed by atoms with Crippen LogP contribution >= 0.6 is 0 Å². The first-order chi connectivity index (χ1) is 11.7. The molecule has 1 amide bonds. The number of hydrogen-bond acceptors (Lipinski definition) is 8. The van der Waals surface area contributed by atoms with Gasteiger partial charge in [0.05, 0.1) is 30.7 Å². The Morgan fingerprint density at radius 3 is 3.08 bits per heavy atom. The van der Waals surface area contributed by atoms with Crippen molar-refractivity contribution in [2.45, 2.75) is 30.8 Å². The smallest absolute Gasteiger partial charge is 0.207 e. The predicted molar refractivity (Wildman–Crippen MR) is 84.7 cm³/mol. The minimum atomic E-state index is -0.732. The zero-order valence-electron chi connectivity index (χ0n) is 12.9. The summed E-state index contributed by atoms with van der Waals surface area (Å²) in [5, 5.41) is 21.7. The average Bonchev–Trinajstić information content (AvgIpc) is 3.13. The molecule has 1 fully saturated rings. The SMILES string of the molecule is Nc1ncnc2c1C(C#CCNC=O)CN2[C@H]1CC(O)C(CO)O1. The first-order valence-electron chi connectivity index (χ1n) is 7.62. The summed E-state index contributed by atoms with van der Waals surface area (Å²) in [5.74, 6) is 6.70. The fourth-order valence-electron chi connectivity index (χ4n) is 3.05. The number of aliphatic hydroxyl groups is 2. The van der Waals surface area contributed by atoms with E-state index in [1.165, 1.54) is 6.33 Å². The fourth-order valence-corrected chi connectivity index (χ4v) is 3.05. The van der Waals surface area contributed by atoms with Gasteiger partial charge in [-0.2, -0.15) is 0 Å². The number of nitrogens with zero attached hydrogens (tertiary/aromatic N) is 3. The molecule has 1 aromatic heterocycles. The normalized spacial score (nSPS) is 28.2. The van der Waals surface area contributed by atoms with Crippen LogP contribution in [-0.2, 0) is 9.53 Å². The van der Waals surface area contributed by atoms with Gasteiger partial charge in [0, 0.05) is 13.0 Å². The summed E-state index contributed by atoms with van der Waals surface area (Å²) in [7, 11) is 0. The van der Waals surface area contributed by atoms with Crippen molar-refractivity contribution in [3.05, 3.63) is 11.9 Å². The van der Waals surface area contributed by atoms with Crippen LogP contribution in [0.15, 0.2) is 6.33 Å². The Morgan fingerprint density at radius 1 is 1.54 bits per heavy atom. The second-order valence-electron chi connectivity index (χ2n) is 5.64. The Kier molecular flexibility index (Phi) is 4.80. The Hall–Kier alpha value is -2.41. The summed E-state index contributed by atoms with van der Waals surface area (Å²) < 4.78 is 5.71. The minimum Gasteiger partial charge on any atom is -0.394 e. The van der Waals surface area contributed by atoms with Crippen molar-refractivity contribution >= 4 is 18.0 Å². The molecule has 2 aliphatic heterocycles. The van der Waals surface area contributed by atoms with Gasteiger partial charge in [0.25, 0.3) is 0 Å². The maximum absolute atomic E-state index is 10.3. The molecular weight excluding hydrogens is 314 g/mol. The minimum absolute atomic E-state index is 0.219. The number of nitrogens with two attached hydrogens (primary N) is 1. The summed E-state index contributed by atoms with van der Waals surface area (Å²) in [6, 6.07) is 0. The number of nitrogens with one attached hydrogen (secondary N) is 1. The summed E-state index contributed by atoms with van der Waals surface area (Å²) in [5.41, 5.74) is 6.71. The quantitative estimate of drug-likeness (QED) is 0.287. The number of aliphatic hydroxyl groups excluding tert-OH is 2. The molecule has 2 aliphatic rings. The number of ether oxygens (including phenoxy) is 1. The zero-order chi connectivity index (χ0) is 17.1. The van der Waals surface area contributed by atoms with E-state index in [4.69, 9.17) is 10.5 Å². The van der Waals surface area contributed by atoms with Crippen LogP contribution < -0.4 is 16.0 Å². The van der Waals surface area contributed by atoms with Gasteiger partial charge in [0.2, 0.25) is 6.41 Å². The number of rotatable bonds is 4. The van der Waals surface area contributed by atoms with Gasteiger partial charge in [-0.15, -0.1) is 0 Å². The highest BCUT2D eigenvalue weighted by Crippen LogP contribution is 2.40. The molecule has 0 aromatic carbocycles. The first-order valence-corrected chi connectivity index (χ1v) is 7.62. The number of amides is 1. The number of hydrogen-bond donors (Lipinski definition) is 4. The van der Waals surface area contributed by atoms with E-state index in [2.05, 4.69) is 27.1 Å². The largest absolute Gasteiger partial charge is 0.394 e. The molecule has 24 heavy (non-hydrogen) atoms. The molecule has 0 bridgehead atoms. The van der Waals surface area contributed by atoms with E-state index in [-0.39, 0.29) is 19.1 Å². The second kappa shape index (κ2) is 7.00. The van der Waals surface area contributed by atoms with Gasteiger partial charge in [-0.1, -0.05) is 11.8 Å². The molecule has 128 valence electrons. The Balaban J connectivity index is 1.84. The van der Waals surface area contributed by atoms with Crippen LogP contribution in [0.1, 0.15) is 17.9 Å². The van der Waals surface area contributed by atoms with Crippen LogP contribution in [0, 0.1) is 11.8 Å². The van der Waals surface area contributed by atoms with Crippen molar-refractivity contribution in [3.8, 4) is 11.8 Å². The molecule has 0 aliphatic carbocycles. The third-order valence-corrected chi connectivity index (χ3v) is 4.18. The van der Waals surface area contributed by atoms with Crippen LogP contribution in [-0.4, -0.2) is 64.7 Å². The Bertz CT molecular complexity index is 674. The third kappa shape index (κ3) is 2.99. The van der Waals surface area contributed by atoms with E-state index in [0.717, 1.165) is 5.56 Å². The van der Waals surface area contributed by atoms with Crippen molar-refractivity contribution in [2.75, 3.05) is 30.3 Å². The molecule has 1 aromatic rings. The molecule has 0 spiro atoms. The number of carbonyl (C=O) groups is 1. The van der Waals surface area contributed by atoms with Crippen molar-refractivity contribution in [2.24, 2.45) is 0 Å². The average molecular weight is 333 g/mol. The molecule has 4 atom stereocenters. The lowest BCUT2D eigenvalue weighted by molar-refractivity contribution is -0.109. The highest BCUT2D eigenvalue weighted by molar-refractivity contribution is 5.65. The van der Waals surface area contributed by atoms with Crippen molar-refractivity contribution in [1.29, 1.82) is 0 Å². The van der Waals surface area contributed by atoms with E-state index < -0.39 is 18.4 Å². The first kappa shape index (κ1) is 16.4. The van der Waals surface area contributed by atoms with E-state index in [1.807, 2.05) is 4.90 Å². The van der Waals surface area contributed by atoms with E-state index in [1.54, 1.807) is 0 Å². The maximum atomic E-state index is 10.3. The lowest BCUT2D eigenvalue weighted by Crippen LogP contribution is -2.35. The van der Waals surface area contributed by atoms with Crippen molar-refractivity contribution < 1.29 is 19.7 Å². The van der Waals surface area contributed by atoms with Crippen LogP contribution in [0.2, 0.25) is 0 Å². The molecule has 9 nitrogen and oxygen atoms in total. The Labute approximate surface area is 138 Å². The molecule has 9 heteroatoms. The van der Waals surface area contributed by atoms with Gasteiger partial charge >= 0.3 is 0 Å². The molecule has 0 saturated carbocycles. The molecule has 0 radical (unpaired) electrons. The summed E-state index contributed by atoms with van der Waals surface area (Å²) >= 11 is 0. The zero-order valence-corrected chi connectivity index (χ0v) is 12.9. The van der Waals surface area contributed by atoms with E-state index >= 15 is 0 Å². The second-order valence-corrected chi connectivity index (χ2v) is 5.64. The standard InChI is InChI=1S/C15H19N5O4/c16-14-13-9(2-1-3-17-8-22)5-20(15(13)19-7-18-14)12-4-10(23)11(6-21)24-12/h7-12,21,23H,3-6H2,(H,17,22)(H2,16,18,19)/t9?,10?,11?,12-/m1/s1. The van der Waals surface area contributed by atoms with Gasteiger partial charge in [0.1, 0.15) is 30.3 Å². The Morgan fingerprint density at radius 2 is 2.38 bits per heavy atom. The van der Waals surface area contributed by atoms with Crippen LogP contribution in [0.5, 0.6) is 0 Å². The topological polar surface area (TPSA) is 134 Å². The number of aromatic nitrogens is 2. The van der Waals surface area contributed by atoms with Crippen molar-refractivity contribution in [3.63, 3.8) is 0 Å².